The predicted octanol–water partition coefficient (Wildman–Crippen LogP) is 2.78. The first-order valence-electron chi connectivity index (χ1n) is 8.32. The molecule has 140 valence electrons. The molecule has 0 unspecified atom stereocenters. The quantitative estimate of drug-likeness (QED) is 0.283. The molecule has 0 aliphatic heterocycles. The van der Waals surface area contributed by atoms with Crippen LogP contribution < -0.4 is 10.6 Å². The molecule has 0 aliphatic carbocycles. The van der Waals surface area contributed by atoms with Crippen LogP contribution in [0.25, 0.3) is 0 Å². The van der Waals surface area contributed by atoms with Gasteiger partial charge in [0.2, 0.25) is 0 Å². The molecule has 0 fully saturated rings. The average molecular weight is 468 g/mol. The average Bonchev–Trinajstić information content (AvgIpc) is 2.67. The molecule has 2 rings (SSSR count). The molecule has 1 aromatic heterocycles. The smallest absolute Gasteiger partial charge is 0.337 e. The van der Waals surface area contributed by atoms with Crippen LogP contribution >= 0.6 is 24.0 Å². The van der Waals surface area contributed by atoms with Crippen LogP contribution in [0.5, 0.6) is 0 Å². The minimum atomic E-state index is -0.319. The van der Waals surface area contributed by atoms with Crippen LogP contribution in [0.1, 0.15) is 28.5 Å². The molecule has 0 aliphatic rings. The molecular weight excluding hydrogens is 443 g/mol. The van der Waals surface area contributed by atoms with Gasteiger partial charge in [-0.2, -0.15) is 0 Å². The van der Waals surface area contributed by atoms with Crippen molar-refractivity contribution in [3.63, 3.8) is 0 Å². The normalized spacial score (nSPS) is 10.6. The summed E-state index contributed by atoms with van der Waals surface area (Å²) in [6.45, 7) is 4.10. The maximum absolute atomic E-state index is 11.4. The standard InChI is InChI=1S/C19H24N4O2.HI/c1-3-20-19(23-14-17-6-4-5-12-21-17)22-13-11-15-7-9-16(10-8-15)18(24)25-2;/h4-10,12H,3,11,13-14H2,1-2H3,(H2,20,22,23);1H. The summed E-state index contributed by atoms with van der Waals surface area (Å²) in [5, 5.41) is 6.53. The third kappa shape index (κ3) is 7.38. The molecule has 0 atom stereocenters. The molecule has 6 nitrogen and oxygen atoms in total. The Kier molecular flexibility index (Phi) is 10.3. The van der Waals surface area contributed by atoms with Gasteiger partial charge in [-0.3, -0.25) is 4.98 Å². The zero-order valence-corrected chi connectivity index (χ0v) is 17.4. The fourth-order valence-corrected chi connectivity index (χ4v) is 2.24. The van der Waals surface area contributed by atoms with Gasteiger partial charge in [-0.05, 0) is 43.2 Å². The topological polar surface area (TPSA) is 75.6 Å². The Bertz CT molecular complexity index is 690. The van der Waals surface area contributed by atoms with E-state index >= 15 is 0 Å². The van der Waals surface area contributed by atoms with Gasteiger partial charge in [0.05, 0.1) is 24.9 Å². The number of nitrogens with one attached hydrogen (secondary N) is 2. The third-order valence-electron chi connectivity index (χ3n) is 3.55. The first kappa shape index (κ1) is 21.9. The fraction of sp³-hybridized carbons (Fsp3) is 0.316. The summed E-state index contributed by atoms with van der Waals surface area (Å²) in [7, 11) is 1.38. The van der Waals surface area contributed by atoms with Gasteiger partial charge in [-0.25, -0.2) is 9.79 Å². The van der Waals surface area contributed by atoms with E-state index in [1.54, 1.807) is 18.3 Å². The van der Waals surface area contributed by atoms with Crippen LogP contribution in [0.3, 0.4) is 0 Å². The van der Waals surface area contributed by atoms with Crippen LogP contribution in [-0.2, 0) is 17.7 Å². The van der Waals surface area contributed by atoms with Crippen LogP contribution in [-0.4, -0.2) is 37.1 Å². The highest BCUT2D eigenvalue weighted by molar-refractivity contribution is 14.0. The van der Waals surface area contributed by atoms with E-state index in [4.69, 9.17) is 4.74 Å². The van der Waals surface area contributed by atoms with E-state index in [0.29, 0.717) is 12.1 Å². The molecule has 7 heteroatoms. The predicted molar refractivity (Wildman–Crippen MR) is 114 cm³/mol. The summed E-state index contributed by atoms with van der Waals surface area (Å²) < 4.78 is 4.70. The van der Waals surface area contributed by atoms with Crippen molar-refractivity contribution in [2.45, 2.75) is 19.9 Å². The second kappa shape index (κ2) is 12.2. The Hall–Kier alpha value is -2.16. The first-order valence-corrected chi connectivity index (χ1v) is 8.32. The number of benzene rings is 1. The van der Waals surface area contributed by atoms with Crippen molar-refractivity contribution in [2.75, 3.05) is 20.2 Å². The second-order valence-electron chi connectivity index (χ2n) is 5.38. The number of guanidine groups is 1. The van der Waals surface area contributed by atoms with Crippen molar-refractivity contribution in [3.8, 4) is 0 Å². The number of pyridine rings is 1. The molecule has 0 saturated carbocycles. The molecule has 0 radical (unpaired) electrons. The number of rotatable bonds is 7. The number of halogens is 1. The summed E-state index contributed by atoms with van der Waals surface area (Å²) >= 11 is 0. The van der Waals surface area contributed by atoms with Crippen molar-refractivity contribution in [3.05, 3.63) is 65.5 Å². The van der Waals surface area contributed by atoms with Crippen LogP contribution in [0.15, 0.2) is 53.7 Å². The molecule has 2 aromatic rings. The van der Waals surface area contributed by atoms with Gasteiger partial charge in [0.15, 0.2) is 5.96 Å². The highest BCUT2D eigenvalue weighted by Crippen LogP contribution is 2.06. The summed E-state index contributed by atoms with van der Waals surface area (Å²) in [5.41, 5.74) is 2.63. The number of hydrogen-bond acceptors (Lipinski definition) is 4. The molecule has 0 saturated heterocycles. The molecule has 2 N–H and O–H groups in total. The molecule has 26 heavy (non-hydrogen) atoms. The minimum Gasteiger partial charge on any atom is -0.465 e. The Morgan fingerprint density at radius 2 is 1.92 bits per heavy atom. The number of nitrogens with zero attached hydrogens (tertiary/aromatic N) is 2. The lowest BCUT2D eigenvalue weighted by Crippen LogP contribution is -2.38. The number of esters is 1. The van der Waals surface area contributed by atoms with Gasteiger partial charge >= 0.3 is 5.97 Å². The summed E-state index contributed by atoms with van der Waals surface area (Å²) in [4.78, 5) is 20.2. The number of ether oxygens (including phenoxy) is 1. The lowest BCUT2D eigenvalue weighted by molar-refractivity contribution is 0.0600. The molecule has 1 aromatic carbocycles. The largest absolute Gasteiger partial charge is 0.465 e. The van der Waals surface area contributed by atoms with E-state index in [2.05, 4.69) is 20.6 Å². The zero-order chi connectivity index (χ0) is 17.9. The first-order chi connectivity index (χ1) is 12.2. The number of aromatic nitrogens is 1. The highest BCUT2D eigenvalue weighted by atomic mass is 127. The van der Waals surface area contributed by atoms with Gasteiger partial charge in [0, 0.05) is 19.3 Å². The van der Waals surface area contributed by atoms with Crippen molar-refractivity contribution in [1.29, 1.82) is 0 Å². The number of methoxy groups -OCH3 is 1. The lowest BCUT2D eigenvalue weighted by Gasteiger charge is -2.11. The maximum Gasteiger partial charge on any atom is 0.337 e. The third-order valence-corrected chi connectivity index (χ3v) is 3.55. The summed E-state index contributed by atoms with van der Waals surface area (Å²) in [5.74, 6) is 0.445. The van der Waals surface area contributed by atoms with Crippen molar-refractivity contribution < 1.29 is 9.53 Å². The number of hydrogen-bond donors (Lipinski definition) is 2. The number of carbonyl (C=O) groups excluding carboxylic acids is 1. The van der Waals surface area contributed by atoms with E-state index in [9.17, 15) is 4.79 Å². The lowest BCUT2D eigenvalue weighted by atomic mass is 10.1. The van der Waals surface area contributed by atoms with Crippen molar-refractivity contribution in [1.82, 2.24) is 15.6 Å². The summed E-state index contributed by atoms with van der Waals surface area (Å²) in [6.07, 6.45) is 2.60. The van der Waals surface area contributed by atoms with E-state index in [0.717, 1.165) is 36.7 Å². The molecule has 0 bridgehead atoms. The Balaban J connectivity index is 0.00000338. The molecule has 1 heterocycles. The van der Waals surface area contributed by atoms with Crippen LogP contribution in [0.4, 0.5) is 0 Å². The van der Waals surface area contributed by atoms with E-state index in [1.807, 2.05) is 37.3 Å². The Morgan fingerprint density at radius 3 is 2.54 bits per heavy atom. The van der Waals surface area contributed by atoms with Gasteiger partial charge < -0.3 is 15.4 Å². The van der Waals surface area contributed by atoms with Gasteiger partial charge in [0.25, 0.3) is 0 Å². The monoisotopic (exact) mass is 468 g/mol. The van der Waals surface area contributed by atoms with Crippen LogP contribution in [0, 0.1) is 0 Å². The zero-order valence-electron chi connectivity index (χ0n) is 15.1. The van der Waals surface area contributed by atoms with Crippen molar-refractivity contribution >= 4 is 35.9 Å². The molecule has 0 spiro atoms. The van der Waals surface area contributed by atoms with E-state index < -0.39 is 0 Å². The number of carbonyl (C=O) groups is 1. The SMILES string of the molecule is CCNC(=NCc1ccccn1)NCCc1ccc(C(=O)OC)cc1.I. The van der Waals surface area contributed by atoms with Gasteiger partial charge in [-0.1, -0.05) is 18.2 Å². The maximum atomic E-state index is 11.4. The van der Waals surface area contributed by atoms with Crippen molar-refractivity contribution in [2.24, 2.45) is 4.99 Å². The van der Waals surface area contributed by atoms with Gasteiger partial charge in [-0.15, -0.1) is 24.0 Å². The molecular formula is C19H25IN4O2. The Labute approximate surface area is 171 Å². The van der Waals surface area contributed by atoms with E-state index in [1.165, 1.54) is 7.11 Å². The van der Waals surface area contributed by atoms with E-state index in [-0.39, 0.29) is 29.9 Å². The Morgan fingerprint density at radius 1 is 1.15 bits per heavy atom. The molecule has 0 amide bonds. The summed E-state index contributed by atoms with van der Waals surface area (Å²) in [6, 6.07) is 13.2. The highest BCUT2D eigenvalue weighted by Gasteiger charge is 2.04. The second-order valence-corrected chi connectivity index (χ2v) is 5.38. The number of aliphatic imine (C=N–C) groups is 1. The fourth-order valence-electron chi connectivity index (χ4n) is 2.24. The minimum absolute atomic E-state index is 0. The van der Waals surface area contributed by atoms with Crippen LogP contribution in [0.2, 0.25) is 0 Å². The van der Waals surface area contributed by atoms with Gasteiger partial charge in [0.1, 0.15) is 0 Å².